The highest BCUT2D eigenvalue weighted by atomic mass is 79.9. The van der Waals surface area contributed by atoms with Crippen LogP contribution in [-0.2, 0) is 23.7 Å². The van der Waals surface area contributed by atoms with Crippen LogP contribution < -0.4 is 0 Å². The molecule has 0 rings (SSSR count). The van der Waals surface area contributed by atoms with E-state index in [1.54, 1.807) is 0 Å². The van der Waals surface area contributed by atoms with Crippen molar-refractivity contribution in [2.45, 2.75) is 154 Å². The molecule has 2 unspecified atom stereocenters. The maximum atomic E-state index is 5.96. The second kappa shape index (κ2) is 36.1. The summed E-state index contributed by atoms with van der Waals surface area (Å²) in [5, 5.41) is 2.26. The van der Waals surface area contributed by atoms with Gasteiger partial charge >= 0.3 is 0 Å². The Hall–Kier alpha value is -0.0800. The van der Waals surface area contributed by atoms with Crippen molar-refractivity contribution in [2.24, 2.45) is 0 Å². The molecule has 0 aliphatic heterocycles. The van der Waals surface area contributed by atoms with Gasteiger partial charge in [0.15, 0.2) is 0 Å². The van der Waals surface area contributed by atoms with Crippen LogP contribution in [0, 0.1) is 0 Å². The molecule has 41 heavy (non-hydrogen) atoms. The number of halogens is 2. The quantitative estimate of drug-likeness (QED) is 0.0288. The highest BCUT2D eigenvalue weighted by Crippen LogP contribution is 2.12. The average molecular weight is 713 g/mol. The molecule has 0 fully saturated rings. The Morgan fingerprint density at radius 1 is 0.488 bits per heavy atom. The second-order valence-corrected chi connectivity index (χ2v) is 12.5. The second-order valence-electron chi connectivity index (χ2n) is 10.9. The average Bonchev–Trinajstić information content (AvgIpc) is 2.97. The molecule has 0 saturated heterocycles. The van der Waals surface area contributed by atoms with Gasteiger partial charge in [-0.05, 0) is 63.5 Å². The lowest BCUT2D eigenvalue weighted by atomic mass is 10.1. The summed E-state index contributed by atoms with van der Waals surface area (Å²) in [6.07, 6.45) is 32.6. The number of hydrogen-bond acceptors (Lipinski definition) is 5. The zero-order chi connectivity index (χ0) is 29.9. The van der Waals surface area contributed by atoms with Gasteiger partial charge in [-0.3, -0.25) is 0 Å². The summed E-state index contributed by atoms with van der Waals surface area (Å²) in [4.78, 5) is 0. The molecule has 0 aliphatic carbocycles. The number of hydrogen-bond donors (Lipinski definition) is 0. The van der Waals surface area contributed by atoms with Crippen molar-refractivity contribution < 1.29 is 23.7 Å². The zero-order valence-corrected chi connectivity index (χ0v) is 29.8. The van der Waals surface area contributed by atoms with Gasteiger partial charge in [-0.25, -0.2) is 0 Å². The van der Waals surface area contributed by atoms with E-state index in [4.69, 9.17) is 23.7 Å². The van der Waals surface area contributed by atoms with Gasteiger partial charge in [0.2, 0.25) is 0 Å². The molecule has 0 saturated carbocycles. The van der Waals surface area contributed by atoms with Gasteiger partial charge in [0.1, 0.15) is 13.6 Å². The van der Waals surface area contributed by atoms with E-state index < -0.39 is 0 Å². The third-order valence-corrected chi connectivity index (χ3v) is 8.09. The molecule has 5 nitrogen and oxygen atoms in total. The van der Waals surface area contributed by atoms with Crippen molar-refractivity contribution >= 4 is 31.9 Å². The maximum absolute atomic E-state index is 5.96. The number of alkyl halides is 2. The molecule has 0 N–H and O–H groups in total. The van der Waals surface area contributed by atoms with Crippen molar-refractivity contribution in [1.29, 1.82) is 0 Å². The summed E-state index contributed by atoms with van der Waals surface area (Å²) >= 11 is 6.99. The normalized spacial score (nSPS) is 13.4. The third-order valence-electron chi connectivity index (χ3n) is 6.97. The Morgan fingerprint density at radius 2 is 0.878 bits per heavy atom. The largest absolute Gasteiger partial charge is 0.498 e. The van der Waals surface area contributed by atoms with E-state index in [2.05, 4.69) is 57.9 Å². The van der Waals surface area contributed by atoms with Crippen molar-refractivity contribution in [2.75, 3.05) is 37.5 Å². The van der Waals surface area contributed by atoms with Gasteiger partial charge in [-0.15, -0.1) is 0 Å². The van der Waals surface area contributed by atoms with Crippen LogP contribution in [-0.4, -0.2) is 49.7 Å². The van der Waals surface area contributed by atoms with Crippen LogP contribution >= 0.6 is 31.9 Å². The Morgan fingerprint density at radius 3 is 1.27 bits per heavy atom. The minimum atomic E-state index is 0.204. The summed E-state index contributed by atoms with van der Waals surface area (Å²) in [6.45, 7) is 6.14. The Labute approximate surface area is 271 Å². The van der Waals surface area contributed by atoms with Crippen LogP contribution in [0.5, 0.6) is 0 Å². The van der Waals surface area contributed by atoms with Crippen molar-refractivity contribution in [3.8, 4) is 0 Å². The van der Waals surface area contributed by atoms with Crippen LogP contribution in [0.4, 0.5) is 0 Å². The minimum absolute atomic E-state index is 0.204. The van der Waals surface area contributed by atoms with Crippen molar-refractivity contribution in [1.82, 2.24) is 0 Å². The lowest BCUT2D eigenvalue weighted by molar-refractivity contribution is -0.136. The standard InChI is InChI=1S/C34H64Br2O5/c1-3-21-33(40-27-19-15-11-7-5-9-13-17-25-35)23-29-37-31-39-32-38-30-24-34(22-4-2)41-28-20-16-12-8-6-10-14-18-26-36/h19-20,27-28,33-34H,3-18,21-26,29-32H2,1-2H3. The molecule has 7 heteroatoms. The first-order chi connectivity index (χ1) is 20.3. The van der Waals surface area contributed by atoms with Crippen molar-refractivity contribution in [3.63, 3.8) is 0 Å². The molecule has 0 aromatic heterocycles. The molecule has 0 aromatic rings. The molecule has 244 valence electrons. The Balaban J connectivity index is 3.73. The first-order valence-corrected chi connectivity index (χ1v) is 19.0. The summed E-state index contributed by atoms with van der Waals surface area (Å²) < 4.78 is 28.7. The van der Waals surface area contributed by atoms with E-state index in [1.807, 2.05) is 12.5 Å². The minimum Gasteiger partial charge on any atom is -0.498 e. The molecule has 2 atom stereocenters. The molecule has 0 aliphatic rings. The van der Waals surface area contributed by atoms with Crippen LogP contribution in [0.3, 0.4) is 0 Å². The van der Waals surface area contributed by atoms with E-state index in [0.717, 1.165) is 62.0 Å². The van der Waals surface area contributed by atoms with Crippen molar-refractivity contribution in [3.05, 3.63) is 24.7 Å². The Kier molecular flexibility index (Phi) is 36.0. The summed E-state index contributed by atoms with van der Waals surface area (Å²) in [5.74, 6) is 0. The fourth-order valence-electron chi connectivity index (χ4n) is 4.50. The zero-order valence-electron chi connectivity index (χ0n) is 26.6. The van der Waals surface area contributed by atoms with Gasteiger partial charge in [-0.2, -0.15) is 0 Å². The smallest absolute Gasteiger partial charge is 0.149 e. The number of ether oxygens (including phenoxy) is 5. The highest BCUT2D eigenvalue weighted by molar-refractivity contribution is 9.09. The van der Waals surface area contributed by atoms with Gasteiger partial charge < -0.3 is 23.7 Å². The topological polar surface area (TPSA) is 46.2 Å². The number of allylic oxidation sites excluding steroid dienone is 2. The van der Waals surface area contributed by atoms with Crippen LogP contribution in [0.15, 0.2) is 24.7 Å². The summed E-state index contributed by atoms with van der Waals surface area (Å²) in [5.41, 5.74) is 0. The molecule has 0 spiro atoms. The lowest BCUT2D eigenvalue weighted by Crippen LogP contribution is -2.15. The monoisotopic (exact) mass is 710 g/mol. The van der Waals surface area contributed by atoms with Gasteiger partial charge in [-0.1, -0.05) is 110 Å². The first kappa shape index (κ1) is 40.9. The van der Waals surface area contributed by atoms with Crippen LogP contribution in [0.2, 0.25) is 0 Å². The van der Waals surface area contributed by atoms with E-state index >= 15 is 0 Å². The van der Waals surface area contributed by atoms with E-state index in [1.165, 1.54) is 77.0 Å². The summed E-state index contributed by atoms with van der Waals surface area (Å²) in [6, 6.07) is 0. The molecular formula is C34H64Br2O5. The van der Waals surface area contributed by atoms with Gasteiger partial charge in [0, 0.05) is 23.5 Å². The molecule has 0 heterocycles. The molecule has 0 aromatic carbocycles. The molecule has 0 bridgehead atoms. The summed E-state index contributed by atoms with van der Waals surface area (Å²) in [7, 11) is 0. The molecule has 0 radical (unpaired) electrons. The molecular weight excluding hydrogens is 648 g/mol. The van der Waals surface area contributed by atoms with Gasteiger partial charge in [0.25, 0.3) is 0 Å². The van der Waals surface area contributed by atoms with E-state index in [0.29, 0.717) is 13.2 Å². The highest BCUT2D eigenvalue weighted by Gasteiger charge is 2.08. The van der Waals surface area contributed by atoms with E-state index in [9.17, 15) is 0 Å². The van der Waals surface area contributed by atoms with Gasteiger partial charge in [0.05, 0.1) is 37.9 Å². The van der Waals surface area contributed by atoms with E-state index in [-0.39, 0.29) is 25.8 Å². The van der Waals surface area contributed by atoms with Crippen LogP contribution in [0.25, 0.3) is 0 Å². The third kappa shape index (κ3) is 32.7. The fraction of sp³-hybridized carbons (Fsp3) is 0.882. The number of unbranched alkanes of at least 4 members (excludes halogenated alkanes) is 12. The molecule has 0 amide bonds. The number of rotatable bonds is 34. The maximum Gasteiger partial charge on any atom is 0.149 e. The van der Waals surface area contributed by atoms with Crippen LogP contribution in [0.1, 0.15) is 142 Å². The fourth-order valence-corrected chi connectivity index (χ4v) is 5.29. The lowest BCUT2D eigenvalue weighted by Gasteiger charge is -2.17. The predicted octanol–water partition coefficient (Wildman–Crippen LogP) is 11.4. The first-order valence-electron chi connectivity index (χ1n) is 16.7. The SMILES string of the molecule is CCCC(CCOCOCOCCC(CCC)OC=CCCCCCCCCBr)OC=CCCCCCCCCBr. The predicted molar refractivity (Wildman–Crippen MR) is 182 cm³/mol. The Bertz CT molecular complexity index is 501.